The van der Waals surface area contributed by atoms with Gasteiger partial charge in [-0.2, -0.15) is 0 Å². The predicted molar refractivity (Wildman–Crippen MR) is 123 cm³/mol. The summed E-state index contributed by atoms with van der Waals surface area (Å²) < 4.78 is 5.82. The summed E-state index contributed by atoms with van der Waals surface area (Å²) in [5.41, 5.74) is 3.29. The molecule has 7 heteroatoms. The molecule has 6 nitrogen and oxygen atoms in total. The van der Waals surface area contributed by atoms with Crippen molar-refractivity contribution in [3.05, 3.63) is 75.4 Å². The van der Waals surface area contributed by atoms with Crippen LogP contribution in [0.2, 0.25) is 0 Å². The van der Waals surface area contributed by atoms with Gasteiger partial charge >= 0.3 is 0 Å². The molecule has 0 bridgehead atoms. The summed E-state index contributed by atoms with van der Waals surface area (Å²) in [5.74, 6) is 1.41. The smallest absolute Gasteiger partial charge is 0.213 e. The molecule has 0 unspecified atom stereocenters. The number of ether oxygens (including phenoxy) is 1. The number of rotatable bonds is 9. The molecule has 0 amide bonds. The first kappa shape index (κ1) is 21.8. The zero-order valence-electron chi connectivity index (χ0n) is 17.8. The molecule has 0 saturated carbocycles. The number of aromatic nitrogens is 2. The number of nitrogens with zero attached hydrogens (tertiary/aromatic N) is 3. The Morgan fingerprint density at radius 1 is 1.10 bits per heavy atom. The predicted octanol–water partition coefficient (Wildman–Crippen LogP) is 4.03. The quantitative estimate of drug-likeness (QED) is 0.402. The van der Waals surface area contributed by atoms with Crippen LogP contribution < -0.4 is 15.4 Å². The first-order valence-corrected chi connectivity index (χ1v) is 11.0. The fourth-order valence-corrected chi connectivity index (χ4v) is 3.74. The van der Waals surface area contributed by atoms with E-state index in [0.717, 1.165) is 47.3 Å². The number of pyridine rings is 1. The van der Waals surface area contributed by atoms with Gasteiger partial charge in [0, 0.05) is 36.7 Å². The maximum atomic E-state index is 5.82. The second-order valence-electron chi connectivity index (χ2n) is 6.90. The van der Waals surface area contributed by atoms with E-state index in [1.54, 1.807) is 17.5 Å². The van der Waals surface area contributed by atoms with Crippen LogP contribution in [0.4, 0.5) is 0 Å². The summed E-state index contributed by atoms with van der Waals surface area (Å²) in [6, 6.07) is 14.0. The lowest BCUT2D eigenvalue weighted by atomic mass is 10.2. The van der Waals surface area contributed by atoms with Crippen molar-refractivity contribution in [3.8, 4) is 5.88 Å². The highest BCUT2D eigenvalue weighted by Crippen LogP contribution is 2.16. The highest BCUT2D eigenvalue weighted by Gasteiger charge is 2.05. The van der Waals surface area contributed by atoms with Crippen molar-refractivity contribution in [2.24, 2.45) is 4.99 Å². The number of aliphatic imine (C=N–C) groups is 1. The van der Waals surface area contributed by atoms with Gasteiger partial charge in [0.2, 0.25) is 5.88 Å². The van der Waals surface area contributed by atoms with Gasteiger partial charge in [0.05, 0.1) is 17.2 Å². The average molecular weight is 424 g/mol. The Bertz CT molecular complexity index is 936. The molecular weight excluding hydrogens is 394 g/mol. The fourth-order valence-electron chi connectivity index (χ4n) is 2.81. The van der Waals surface area contributed by atoms with E-state index in [0.29, 0.717) is 19.0 Å². The molecule has 2 N–H and O–H groups in total. The molecule has 0 saturated heterocycles. The maximum Gasteiger partial charge on any atom is 0.213 e. The second-order valence-corrected chi connectivity index (χ2v) is 8.19. The van der Waals surface area contributed by atoms with E-state index in [2.05, 4.69) is 41.4 Å². The molecule has 0 fully saturated rings. The standard InChI is InChI=1S/C23H29N5OS/c1-4-24-23(26-13-11-22-28-17(2)18(3)30-22)27-15-20-10-12-25-21(14-20)29-16-19-8-6-5-7-9-19/h5-10,12,14H,4,11,13,15-16H2,1-3H3,(H2,24,26,27). The first-order valence-electron chi connectivity index (χ1n) is 10.2. The Hall–Kier alpha value is -2.93. The number of thiazole rings is 1. The van der Waals surface area contributed by atoms with Crippen LogP contribution in [0.25, 0.3) is 0 Å². The molecule has 2 aromatic heterocycles. The van der Waals surface area contributed by atoms with Crippen LogP contribution in [0, 0.1) is 13.8 Å². The largest absolute Gasteiger partial charge is 0.473 e. The number of nitrogens with one attached hydrogen (secondary N) is 2. The Morgan fingerprint density at radius 3 is 2.67 bits per heavy atom. The third kappa shape index (κ3) is 6.84. The number of guanidine groups is 1. The summed E-state index contributed by atoms with van der Waals surface area (Å²) in [4.78, 5) is 14.9. The highest BCUT2D eigenvalue weighted by atomic mass is 32.1. The Labute approximate surface area is 182 Å². The lowest BCUT2D eigenvalue weighted by molar-refractivity contribution is 0.293. The third-order valence-electron chi connectivity index (χ3n) is 4.50. The average Bonchev–Trinajstić information content (AvgIpc) is 3.08. The van der Waals surface area contributed by atoms with Gasteiger partial charge in [0.15, 0.2) is 5.96 Å². The Morgan fingerprint density at radius 2 is 1.93 bits per heavy atom. The maximum absolute atomic E-state index is 5.82. The van der Waals surface area contributed by atoms with E-state index >= 15 is 0 Å². The van der Waals surface area contributed by atoms with Gasteiger partial charge < -0.3 is 15.4 Å². The molecule has 0 aliphatic heterocycles. The van der Waals surface area contributed by atoms with Crippen LogP contribution in [0.3, 0.4) is 0 Å². The minimum atomic E-state index is 0.500. The van der Waals surface area contributed by atoms with Gasteiger partial charge in [0.25, 0.3) is 0 Å². The second kappa shape index (κ2) is 11.3. The van der Waals surface area contributed by atoms with Crippen LogP contribution in [0.15, 0.2) is 53.7 Å². The molecule has 2 heterocycles. The van der Waals surface area contributed by atoms with Crippen LogP contribution in [-0.2, 0) is 19.6 Å². The van der Waals surface area contributed by atoms with Gasteiger partial charge in [-0.3, -0.25) is 0 Å². The Kier molecular flexibility index (Phi) is 8.20. The monoisotopic (exact) mass is 423 g/mol. The minimum absolute atomic E-state index is 0.500. The summed E-state index contributed by atoms with van der Waals surface area (Å²) in [5, 5.41) is 7.84. The van der Waals surface area contributed by atoms with Crippen LogP contribution in [-0.4, -0.2) is 29.0 Å². The third-order valence-corrected chi connectivity index (χ3v) is 5.63. The summed E-state index contributed by atoms with van der Waals surface area (Å²) >= 11 is 1.76. The molecule has 0 aliphatic carbocycles. The number of hydrogen-bond acceptors (Lipinski definition) is 5. The van der Waals surface area contributed by atoms with Crippen molar-refractivity contribution >= 4 is 17.3 Å². The minimum Gasteiger partial charge on any atom is -0.473 e. The molecule has 0 radical (unpaired) electrons. The van der Waals surface area contributed by atoms with E-state index in [1.807, 2.05) is 42.5 Å². The van der Waals surface area contributed by atoms with E-state index in [9.17, 15) is 0 Å². The van der Waals surface area contributed by atoms with Crippen LogP contribution in [0.5, 0.6) is 5.88 Å². The number of benzene rings is 1. The molecule has 30 heavy (non-hydrogen) atoms. The van der Waals surface area contributed by atoms with Crippen molar-refractivity contribution < 1.29 is 4.74 Å². The summed E-state index contributed by atoms with van der Waals surface area (Å²) in [7, 11) is 0. The molecular formula is C23H29N5OS. The highest BCUT2D eigenvalue weighted by molar-refractivity contribution is 7.11. The number of hydrogen-bond donors (Lipinski definition) is 2. The topological polar surface area (TPSA) is 71.4 Å². The molecule has 158 valence electrons. The van der Waals surface area contributed by atoms with Gasteiger partial charge in [0.1, 0.15) is 6.61 Å². The zero-order valence-corrected chi connectivity index (χ0v) is 18.6. The van der Waals surface area contributed by atoms with Gasteiger partial charge in [-0.25, -0.2) is 15.0 Å². The SMILES string of the molecule is CCNC(=NCc1ccnc(OCc2ccccc2)c1)NCCc1nc(C)c(C)s1. The van der Waals surface area contributed by atoms with Crippen molar-refractivity contribution in [1.29, 1.82) is 0 Å². The number of aryl methyl sites for hydroxylation is 2. The molecule has 0 atom stereocenters. The van der Waals surface area contributed by atoms with E-state index in [-0.39, 0.29) is 0 Å². The summed E-state index contributed by atoms with van der Waals surface area (Å²) in [6.07, 6.45) is 2.65. The molecule has 0 spiro atoms. The van der Waals surface area contributed by atoms with Crippen molar-refractivity contribution in [1.82, 2.24) is 20.6 Å². The van der Waals surface area contributed by atoms with Crippen molar-refractivity contribution in [2.45, 2.75) is 40.3 Å². The van der Waals surface area contributed by atoms with Crippen molar-refractivity contribution in [3.63, 3.8) is 0 Å². The van der Waals surface area contributed by atoms with Gasteiger partial charge in [-0.1, -0.05) is 30.3 Å². The fraction of sp³-hybridized carbons (Fsp3) is 0.348. The van der Waals surface area contributed by atoms with Gasteiger partial charge in [-0.15, -0.1) is 11.3 Å². The Balaban J connectivity index is 1.53. The molecule has 0 aliphatic rings. The van der Waals surface area contributed by atoms with E-state index < -0.39 is 0 Å². The molecule has 3 rings (SSSR count). The zero-order chi connectivity index (χ0) is 21.2. The normalized spacial score (nSPS) is 11.4. The van der Waals surface area contributed by atoms with E-state index in [1.165, 1.54) is 4.88 Å². The van der Waals surface area contributed by atoms with Crippen molar-refractivity contribution in [2.75, 3.05) is 13.1 Å². The summed E-state index contributed by atoms with van der Waals surface area (Å²) in [6.45, 7) is 8.88. The first-order chi connectivity index (χ1) is 14.6. The molecule has 1 aromatic carbocycles. The lowest BCUT2D eigenvalue weighted by Gasteiger charge is -2.11. The van der Waals surface area contributed by atoms with E-state index in [4.69, 9.17) is 9.73 Å². The van der Waals surface area contributed by atoms with Gasteiger partial charge in [-0.05, 0) is 38.0 Å². The van der Waals surface area contributed by atoms with Crippen LogP contribution >= 0.6 is 11.3 Å². The molecule has 3 aromatic rings. The van der Waals surface area contributed by atoms with Crippen LogP contribution in [0.1, 0.15) is 33.6 Å². The lowest BCUT2D eigenvalue weighted by Crippen LogP contribution is -2.38.